The maximum Gasteiger partial charge on any atom is 0.133 e. The van der Waals surface area contributed by atoms with Crippen LogP contribution in [0.15, 0.2) is 35.2 Å². The Labute approximate surface area is 87.7 Å². The summed E-state index contributed by atoms with van der Waals surface area (Å²) < 4.78 is 0. The third-order valence-corrected chi connectivity index (χ3v) is 2.80. The van der Waals surface area contributed by atoms with Crippen LogP contribution in [-0.4, -0.2) is 17.3 Å². The van der Waals surface area contributed by atoms with Gasteiger partial charge in [0.05, 0.1) is 5.25 Å². The van der Waals surface area contributed by atoms with Crippen molar-refractivity contribution in [3.05, 3.63) is 30.3 Å². The fourth-order valence-electron chi connectivity index (χ4n) is 1.07. The molecule has 1 atom stereocenters. The topological polar surface area (TPSA) is 34.1 Å². The van der Waals surface area contributed by atoms with E-state index in [1.54, 1.807) is 0 Å². The van der Waals surface area contributed by atoms with E-state index in [0.717, 1.165) is 11.2 Å². The van der Waals surface area contributed by atoms with Crippen LogP contribution >= 0.6 is 11.8 Å². The molecular formula is C11H12O2S. The molecule has 0 aliphatic carbocycles. The van der Waals surface area contributed by atoms with Crippen LogP contribution in [0.25, 0.3) is 0 Å². The Morgan fingerprint density at radius 2 is 2.07 bits per heavy atom. The van der Waals surface area contributed by atoms with Gasteiger partial charge >= 0.3 is 0 Å². The minimum atomic E-state index is -0.255. The first-order chi connectivity index (χ1) is 6.72. The number of aldehydes is 1. The van der Waals surface area contributed by atoms with E-state index < -0.39 is 0 Å². The smallest absolute Gasteiger partial charge is 0.133 e. The number of carbonyl (C=O) groups is 2. The van der Waals surface area contributed by atoms with Crippen LogP contribution in [0.1, 0.15) is 13.3 Å². The lowest BCUT2D eigenvalue weighted by atomic mass is 10.2. The molecule has 0 fully saturated rings. The predicted octanol–water partition coefficient (Wildman–Crippen LogP) is 2.33. The molecule has 3 heteroatoms. The van der Waals surface area contributed by atoms with Crippen molar-refractivity contribution in [2.24, 2.45) is 0 Å². The van der Waals surface area contributed by atoms with Crippen molar-refractivity contribution >= 4 is 23.8 Å². The van der Waals surface area contributed by atoms with Crippen LogP contribution in [0.3, 0.4) is 0 Å². The fraction of sp³-hybridized carbons (Fsp3) is 0.273. The van der Waals surface area contributed by atoms with Gasteiger partial charge in [-0.1, -0.05) is 18.2 Å². The van der Waals surface area contributed by atoms with Gasteiger partial charge in [0, 0.05) is 11.3 Å². The average molecular weight is 208 g/mol. The summed E-state index contributed by atoms with van der Waals surface area (Å²) in [6.07, 6.45) is 1.14. The number of thioether (sulfide) groups is 1. The van der Waals surface area contributed by atoms with Crippen molar-refractivity contribution in [2.45, 2.75) is 23.5 Å². The van der Waals surface area contributed by atoms with Gasteiger partial charge in [-0.15, -0.1) is 11.8 Å². The number of carbonyl (C=O) groups excluding carboxylic acids is 2. The molecule has 74 valence electrons. The molecule has 2 nitrogen and oxygen atoms in total. The lowest BCUT2D eigenvalue weighted by Gasteiger charge is -2.06. The van der Waals surface area contributed by atoms with E-state index in [9.17, 15) is 9.59 Å². The lowest BCUT2D eigenvalue weighted by Crippen LogP contribution is -2.08. The van der Waals surface area contributed by atoms with Crippen LogP contribution in [0.2, 0.25) is 0 Å². The van der Waals surface area contributed by atoms with Gasteiger partial charge in [-0.25, -0.2) is 0 Å². The number of ketones is 1. The Hall–Kier alpha value is -1.09. The monoisotopic (exact) mass is 208 g/mol. The molecule has 14 heavy (non-hydrogen) atoms. The summed E-state index contributed by atoms with van der Waals surface area (Å²) in [5, 5.41) is -0.255. The van der Waals surface area contributed by atoms with Crippen molar-refractivity contribution in [2.75, 3.05) is 0 Å². The molecule has 0 bridgehead atoms. The van der Waals surface area contributed by atoms with Gasteiger partial charge in [0.15, 0.2) is 0 Å². The molecule has 0 aliphatic rings. The minimum Gasteiger partial charge on any atom is -0.302 e. The quantitative estimate of drug-likeness (QED) is 0.550. The summed E-state index contributed by atoms with van der Waals surface area (Å²) in [7, 11) is 0. The summed E-state index contributed by atoms with van der Waals surface area (Å²) in [6.45, 7) is 1.50. The van der Waals surface area contributed by atoms with Crippen molar-refractivity contribution in [3.63, 3.8) is 0 Å². The summed E-state index contributed by atoms with van der Waals surface area (Å²) in [5.41, 5.74) is 0. The van der Waals surface area contributed by atoms with E-state index in [-0.39, 0.29) is 11.0 Å². The minimum absolute atomic E-state index is 0.0468. The summed E-state index contributed by atoms with van der Waals surface area (Å²) >= 11 is 1.43. The first-order valence-corrected chi connectivity index (χ1v) is 5.27. The van der Waals surface area contributed by atoms with E-state index in [1.165, 1.54) is 18.7 Å². The van der Waals surface area contributed by atoms with Crippen LogP contribution in [-0.2, 0) is 9.59 Å². The van der Waals surface area contributed by atoms with Gasteiger partial charge in [0.2, 0.25) is 0 Å². The molecule has 1 rings (SSSR count). The second kappa shape index (κ2) is 5.60. The molecule has 0 heterocycles. The van der Waals surface area contributed by atoms with Gasteiger partial charge in [-0.3, -0.25) is 4.79 Å². The van der Waals surface area contributed by atoms with Crippen molar-refractivity contribution in [3.8, 4) is 0 Å². The predicted molar refractivity (Wildman–Crippen MR) is 57.4 cm³/mol. The molecule has 0 aliphatic heterocycles. The molecule has 1 aromatic carbocycles. The second-order valence-corrected chi connectivity index (χ2v) is 4.32. The Balaban J connectivity index is 2.57. The first kappa shape index (κ1) is 11.0. The van der Waals surface area contributed by atoms with Gasteiger partial charge < -0.3 is 4.79 Å². The zero-order chi connectivity index (χ0) is 10.4. The van der Waals surface area contributed by atoms with Crippen LogP contribution in [0.4, 0.5) is 0 Å². The molecule has 0 radical (unpaired) electrons. The van der Waals surface area contributed by atoms with E-state index in [1.807, 2.05) is 30.3 Å². The number of Topliss-reactive ketones (excluding diaryl/α,β-unsaturated/α-hetero) is 1. The van der Waals surface area contributed by atoms with E-state index in [0.29, 0.717) is 6.42 Å². The maximum atomic E-state index is 10.8. The molecule has 0 amide bonds. The highest BCUT2D eigenvalue weighted by atomic mass is 32.2. The average Bonchev–Trinajstić information content (AvgIpc) is 2.17. The number of rotatable bonds is 5. The molecule has 0 saturated carbocycles. The summed E-state index contributed by atoms with van der Waals surface area (Å²) in [5.74, 6) is 0.0468. The fourth-order valence-corrected chi connectivity index (χ4v) is 2.11. The van der Waals surface area contributed by atoms with E-state index in [4.69, 9.17) is 0 Å². The Morgan fingerprint density at radius 3 is 2.57 bits per heavy atom. The van der Waals surface area contributed by atoms with Gasteiger partial charge in [0.25, 0.3) is 0 Å². The molecule has 0 spiro atoms. The largest absolute Gasteiger partial charge is 0.302 e. The van der Waals surface area contributed by atoms with E-state index in [2.05, 4.69) is 0 Å². The highest BCUT2D eigenvalue weighted by Gasteiger charge is 2.11. The third kappa shape index (κ3) is 3.75. The first-order valence-electron chi connectivity index (χ1n) is 4.39. The summed E-state index contributed by atoms with van der Waals surface area (Å²) in [4.78, 5) is 22.5. The standard InChI is InChI=1S/C11H12O2S/c1-9(13)7-11(8-12)14-10-5-3-2-4-6-10/h2-6,8,11H,7H2,1H3. The number of benzene rings is 1. The normalized spacial score (nSPS) is 12.1. The molecule has 0 aromatic heterocycles. The number of hydrogen-bond acceptors (Lipinski definition) is 3. The third-order valence-electron chi connectivity index (χ3n) is 1.67. The highest BCUT2D eigenvalue weighted by molar-refractivity contribution is 8.00. The lowest BCUT2D eigenvalue weighted by molar-refractivity contribution is -0.118. The van der Waals surface area contributed by atoms with Crippen molar-refractivity contribution in [1.82, 2.24) is 0 Å². The molecule has 1 aromatic rings. The highest BCUT2D eigenvalue weighted by Crippen LogP contribution is 2.23. The Morgan fingerprint density at radius 1 is 1.43 bits per heavy atom. The number of hydrogen-bond donors (Lipinski definition) is 0. The molecule has 0 saturated heterocycles. The molecule has 0 N–H and O–H groups in total. The van der Waals surface area contributed by atoms with Crippen molar-refractivity contribution in [1.29, 1.82) is 0 Å². The molecule has 1 unspecified atom stereocenters. The second-order valence-electron chi connectivity index (χ2n) is 3.01. The van der Waals surface area contributed by atoms with Crippen LogP contribution in [0.5, 0.6) is 0 Å². The van der Waals surface area contributed by atoms with Gasteiger partial charge in [0.1, 0.15) is 12.1 Å². The summed E-state index contributed by atoms with van der Waals surface area (Å²) in [6, 6.07) is 9.61. The van der Waals surface area contributed by atoms with E-state index >= 15 is 0 Å². The zero-order valence-electron chi connectivity index (χ0n) is 7.97. The van der Waals surface area contributed by atoms with Gasteiger partial charge in [-0.2, -0.15) is 0 Å². The Bertz CT molecular complexity index is 308. The maximum absolute atomic E-state index is 10.8. The van der Waals surface area contributed by atoms with Crippen LogP contribution < -0.4 is 0 Å². The Kier molecular flexibility index (Phi) is 4.40. The SMILES string of the molecule is CC(=O)CC(C=O)Sc1ccccc1. The van der Waals surface area contributed by atoms with Crippen molar-refractivity contribution < 1.29 is 9.59 Å². The zero-order valence-corrected chi connectivity index (χ0v) is 8.79. The molecular weight excluding hydrogens is 196 g/mol. The van der Waals surface area contributed by atoms with Gasteiger partial charge in [-0.05, 0) is 19.1 Å². The van der Waals surface area contributed by atoms with Crippen LogP contribution in [0, 0.1) is 0 Å².